The molecule has 0 saturated heterocycles. The summed E-state index contributed by atoms with van der Waals surface area (Å²) in [5, 5.41) is 13.3. The van der Waals surface area contributed by atoms with Crippen molar-refractivity contribution in [1.29, 1.82) is 0 Å². The van der Waals surface area contributed by atoms with Crippen LogP contribution >= 0.6 is 0 Å². The van der Waals surface area contributed by atoms with E-state index in [1.807, 2.05) is 0 Å². The number of nitrogens with two attached hydrogens (primary N) is 1. The molecule has 1 rings (SSSR count). The van der Waals surface area contributed by atoms with Gasteiger partial charge in [0, 0.05) is 12.6 Å². The maximum atomic E-state index is 11.3. The standard InChI is InChI=1S/C10H17N3O3/c1-10(2,15)3-4-16-9(14)7-13-6-8(11)5-12-13/h5-6,15H,3-4,7,11H2,1-2H3. The van der Waals surface area contributed by atoms with Gasteiger partial charge in [0.25, 0.3) is 0 Å². The quantitative estimate of drug-likeness (QED) is 0.700. The summed E-state index contributed by atoms with van der Waals surface area (Å²) >= 11 is 0. The Balaban J connectivity index is 2.26. The van der Waals surface area contributed by atoms with E-state index < -0.39 is 11.6 Å². The molecule has 1 heterocycles. The lowest BCUT2D eigenvalue weighted by molar-refractivity contribution is -0.145. The Bertz CT molecular complexity index is 354. The predicted octanol–water partition coefficient (Wildman–Crippen LogP) is 0.170. The van der Waals surface area contributed by atoms with E-state index in [0.29, 0.717) is 12.1 Å². The lowest BCUT2D eigenvalue weighted by Crippen LogP contribution is -2.23. The van der Waals surface area contributed by atoms with Gasteiger partial charge in [-0.05, 0) is 13.8 Å². The number of carbonyl (C=O) groups is 1. The van der Waals surface area contributed by atoms with Gasteiger partial charge in [0.05, 0.1) is 24.1 Å². The van der Waals surface area contributed by atoms with Crippen molar-refractivity contribution < 1.29 is 14.6 Å². The minimum atomic E-state index is -0.823. The van der Waals surface area contributed by atoms with Gasteiger partial charge in [0.15, 0.2) is 0 Å². The summed E-state index contributed by atoms with van der Waals surface area (Å²) in [4.78, 5) is 11.3. The summed E-state index contributed by atoms with van der Waals surface area (Å²) < 4.78 is 6.34. The Hall–Kier alpha value is -1.56. The van der Waals surface area contributed by atoms with Crippen molar-refractivity contribution in [2.24, 2.45) is 0 Å². The molecule has 1 aromatic heterocycles. The van der Waals surface area contributed by atoms with Crippen LogP contribution in [0, 0.1) is 0 Å². The molecule has 0 aliphatic rings. The number of ether oxygens (including phenoxy) is 1. The molecule has 6 nitrogen and oxygen atoms in total. The fourth-order valence-corrected chi connectivity index (χ4v) is 1.06. The monoisotopic (exact) mass is 227 g/mol. The van der Waals surface area contributed by atoms with Crippen LogP contribution in [-0.4, -0.2) is 33.1 Å². The van der Waals surface area contributed by atoms with Crippen molar-refractivity contribution in [3.05, 3.63) is 12.4 Å². The lowest BCUT2D eigenvalue weighted by Gasteiger charge is -2.16. The first kappa shape index (κ1) is 12.5. The molecule has 0 radical (unpaired) electrons. The van der Waals surface area contributed by atoms with Crippen molar-refractivity contribution >= 4 is 11.7 Å². The molecule has 0 fully saturated rings. The van der Waals surface area contributed by atoms with E-state index in [1.165, 1.54) is 10.9 Å². The summed E-state index contributed by atoms with van der Waals surface area (Å²) in [7, 11) is 0. The smallest absolute Gasteiger partial charge is 0.327 e. The fraction of sp³-hybridized carbons (Fsp3) is 0.600. The van der Waals surface area contributed by atoms with E-state index in [9.17, 15) is 9.90 Å². The first-order valence-corrected chi connectivity index (χ1v) is 5.03. The molecule has 0 saturated carbocycles. The molecule has 90 valence electrons. The molecule has 16 heavy (non-hydrogen) atoms. The van der Waals surface area contributed by atoms with Crippen molar-refractivity contribution in [2.75, 3.05) is 12.3 Å². The van der Waals surface area contributed by atoms with E-state index in [0.717, 1.165) is 0 Å². The molecule has 0 aliphatic heterocycles. The number of rotatable bonds is 5. The van der Waals surface area contributed by atoms with E-state index >= 15 is 0 Å². The molecule has 0 atom stereocenters. The number of nitrogen functional groups attached to an aromatic ring is 1. The highest BCUT2D eigenvalue weighted by Gasteiger charge is 2.13. The first-order valence-electron chi connectivity index (χ1n) is 5.03. The Morgan fingerprint density at radius 1 is 1.69 bits per heavy atom. The lowest BCUT2D eigenvalue weighted by atomic mass is 10.1. The number of aromatic nitrogens is 2. The van der Waals surface area contributed by atoms with Crippen LogP contribution in [0.4, 0.5) is 5.69 Å². The average Bonchev–Trinajstić information content (AvgIpc) is 2.48. The van der Waals surface area contributed by atoms with Crippen LogP contribution in [0.2, 0.25) is 0 Å². The van der Waals surface area contributed by atoms with E-state index in [4.69, 9.17) is 10.5 Å². The van der Waals surface area contributed by atoms with Crippen LogP contribution < -0.4 is 5.73 Å². The van der Waals surface area contributed by atoms with Crippen molar-refractivity contribution in [1.82, 2.24) is 9.78 Å². The number of anilines is 1. The van der Waals surface area contributed by atoms with Gasteiger partial charge in [-0.1, -0.05) is 0 Å². The second-order valence-electron chi connectivity index (χ2n) is 4.25. The highest BCUT2D eigenvalue weighted by molar-refractivity contribution is 5.69. The number of nitrogens with zero attached hydrogens (tertiary/aromatic N) is 2. The third kappa shape index (κ3) is 4.79. The van der Waals surface area contributed by atoms with Crippen molar-refractivity contribution in [2.45, 2.75) is 32.4 Å². The highest BCUT2D eigenvalue weighted by atomic mass is 16.5. The molecular formula is C10H17N3O3. The number of carbonyl (C=O) groups excluding carboxylic acids is 1. The normalized spacial score (nSPS) is 11.4. The van der Waals surface area contributed by atoms with Crippen LogP contribution in [0.3, 0.4) is 0 Å². The van der Waals surface area contributed by atoms with Gasteiger partial charge in [0.1, 0.15) is 6.54 Å². The summed E-state index contributed by atoms with van der Waals surface area (Å²) in [6, 6.07) is 0. The van der Waals surface area contributed by atoms with Gasteiger partial charge >= 0.3 is 5.97 Å². The second kappa shape index (κ2) is 4.98. The van der Waals surface area contributed by atoms with Gasteiger partial charge in [-0.3, -0.25) is 9.48 Å². The summed E-state index contributed by atoms with van der Waals surface area (Å²) in [6.45, 7) is 3.55. The molecule has 6 heteroatoms. The number of hydrogen-bond acceptors (Lipinski definition) is 5. The number of esters is 1. The SMILES string of the molecule is CC(C)(O)CCOC(=O)Cn1cc(N)cn1. The zero-order valence-electron chi connectivity index (χ0n) is 9.51. The molecule has 1 aromatic rings. The molecule has 0 aromatic carbocycles. The van der Waals surface area contributed by atoms with Gasteiger partial charge in [-0.25, -0.2) is 0 Å². The van der Waals surface area contributed by atoms with Crippen LogP contribution in [0.5, 0.6) is 0 Å². The topological polar surface area (TPSA) is 90.4 Å². The molecule has 0 bridgehead atoms. The third-order valence-corrected chi connectivity index (χ3v) is 1.92. The second-order valence-corrected chi connectivity index (χ2v) is 4.25. The molecule has 3 N–H and O–H groups in total. The number of aliphatic hydroxyl groups is 1. The summed E-state index contributed by atoms with van der Waals surface area (Å²) in [5.74, 6) is -0.396. The van der Waals surface area contributed by atoms with Crippen LogP contribution in [0.25, 0.3) is 0 Å². The van der Waals surface area contributed by atoms with E-state index in [1.54, 1.807) is 20.0 Å². The average molecular weight is 227 g/mol. The maximum Gasteiger partial charge on any atom is 0.327 e. The molecule has 0 spiro atoms. The minimum absolute atomic E-state index is 0.0308. The van der Waals surface area contributed by atoms with Gasteiger partial charge < -0.3 is 15.6 Å². The Kier molecular flexibility index (Phi) is 3.89. The van der Waals surface area contributed by atoms with Crippen LogP contribution in [0.15, 0.2) is 12.4 Å². The molecule has 0 unspecified atom stereocenters. The maximum absolute atomic E-state index is 11.3. The number of hydrogen-bond donors (Lipinski definition) is 2. The van der Waals surface area contributed by atoms with E-state index in [2.05, 4.69) is 5.10 Å². The Labute approximate surface area is 94.0 Å². The largest absolute Gasteiger partial charge is 0.464 e. The first-order chi connectivity index (χ1) is 7.37. The van der Waals surface area contributed by atoms with Crippen LogP contribution in [-0.2, 0) is 16.1 Å². The van der Waals surface area contributed by atoms with Crippen LogP contribution in [0.1, 0.15) is 20.3 Å². The Morgan fingerprint density at radius 3 is 2.88 bits per heavy atom. The molecular weight excluding hydrogens is 210 g/mol. The summed E-state index contributed by atoms with van der Waals surface area (Å²) in [5.41, 5.74) is 5.12. The molecule has 0 amide bonds. The predicted molar refractivity (Wildman–Crippen MR) is 58.5 cm³/mol. The minimum Gasteiger partial charge on any atom is -0.464 e. The Morgan fingerprint density at radius 2 is 2.38 bits per heavy atom. The zero-order chi connectivity index (χ0) is 12.2. The van der Waals surface area contributed by atoms with Gasteiger partial charge in [-0.2, -0.15) is 5.10 Å². The highest BCUT2D eigenvalue weighted by Crippen LogP contribution is 2.07. The third-order valence-electron chi connectivity index (χ3n) is 1.92. The van der Waals surface area contributed by atoms with Gasteiger partial charge in [0.2, 0.25) is 0 Å². The zero-order valence-corrected chi connectivity index (χ0v) is 9.51. The summed E-state index contributed by atoms with van der Waals surface area (Å²) in [6.07, 6.45) is 3.42. The van der Waals surface area contributed by atoms with Gasteiger partial charge in [-0.15, -0.1) is 0 Å². The van der Waals surface area contributed by atoms with E-state index in [-0.39, 0.29) is 13.2 Å². The fourth-order valence-electron chi connectivity index (χ4n) is 1.06. The van der Waals surface area contributed by atoms with Crippen molar-refractivity contribution in [3.63, 3.8) is 0 Å². The molecule has 0 aliphatic carbocycles. The van der Waals surface area contributed by atoms with Crippen molar-refractivity contribution in [3.8, 4) is 0 Å².